The van der Waals surface area contributed by atoms with Gasteiger partial charge in [-0.25, -0.2) is 0 Å². The van der Waals surface area contributed by atoms with Crippen LogP contribution in [0.25, 0.3) is 0 Å². The predicted molar refractivity (Wildman–Crippen MR) is 514 cm³/mol. The van der Waals surface area contributed by atoms with Crippen molar-refractivity contribution in [3.8, 4) is 0 Å². The molecular weight excluding hydrogens is 1870 g/mol. The Morgan fingerprint density at radius 3 is 0.447 bits per heavy atom. The molecule has 0 aliphatic rings. The van der Waals surface area contributed by atoms with Crippen LogP contribution in [-0.2, 0) is 105 Å². The van der Waals surface area contributed by atoms with Crippen molar-refractivity contribution < 1.29 is 218 Å². The van der Waals surface area contributed by atoms with Gasteiger partial charge < -0.3 is 112 Å². The standard InChI is InChI=1S/3C12H22O4.C10H18O4.2C9H16O4.C8H14O4.2C7H12O4.C6H10O4.C5H8O4/c1-9(6-7-11(13)14)4-3-5-10(2)8-12(15)16;1-9(7-11(13)14)5-3-4-6-10(2)8-12(15)16;13-11(14)9-7-5-3-1-2-4-6-8-10-12(15)16;11-9(12)7-5-3-1-2-4-6-8-10(13)14;1-7(9(12)13)5-3-2-4-6-8(10)11;10-8(11)6-4-2-1-3-5-7-9(12)13;9-7(10)5-3-1-2-4-6-8(11)12;1-5(4-7(10)11)2-3-6(8)9;1-5(7(10)11)3-2-4-6(8)9;1-4(2-5(7)8)3-6(9)10;1-3(5(8)9)2-4(6)7/h2*9-10H,3-8H2,1-2H3,(H,13,14)(H,15,16);1-10H2,(H,13,14)(H,15,16);1-8H2,(H,11,12)(H,13,14);7H,2-6H2,1H3,(H,10,11)(H,12,13);1-7H2,(H,10,11)(H,12,13);1-6H2,(H,9,10)(H,11,12);2*5H,2-4H2,1H3,(H,8,9)(H,10,11);4H,2-3H2,1H3,(H,7,8)(H,9,10);3H,2H2,1H3,(H,6,7)(H,8,9). The Balaban J connectivity index is -0.000000147. The molecule has 141 heavy (non-hydrogen) atoms. The molecule has 0 aliphatic heterocycles. The summed E-state index contributed by atoms with van der Waals surface area (Å²) in [7, 11) is 0. The van der Waals surface area contributed by atoms with E-state index in [0.717, 1.165) is 180 Å². The summed E-state index contributed by atoms with van der Waals surface area (Å²) in [6.07, 6.45) is 34.5. The van der Waals surface area contributed by atoms with Gasteiger partial charge in [-0.3, -0.25) is 105 Å². The van der Waals surface area contributed by atoms with Crippen molar-refractivity contribution in [3.05, 3.63) is 0 Å². The van der Waals surface area contributed by atoms with Gasteiger partial charge in [0, 0.05) is 116 Å². The van der Waals surface area contributed by atoms with Crippen LogP contribution in [-0.4, -0.2) is 244 Å². The van der Waals surface area contributed by atoms with Gasteiger partial charge in [0.2, 0.25) is 0 Å². The van der Waals surface area contributed by atoms with Gasteiger partial charge in [-0.05, 0) is 125 Å². The highest BCUT2D eigenvalue weighted by molar-refractivity contribution is 5.78. The Hall–Kier alpha value is -11.7. The molecule has 44 nitrogen and oxygen atoms in total. The molecule has 8 atom stereocenters. The quantitative estimate of drug-likeness (QED) is 0.0251. The van der Waals surface area contributed by atoms with Crippen LogP contribution in [0.1, 0.15) is 428 Å². The second-order valence-electron chi connectivity index (χ2n) is 35.2. The van der Waals surface area contributed by atoms with Crippen molar-refractivity contribution >= 4 is 131 Å². The third-order valence-electron chi connectivity index (χ3n) is 20.1. The first-order valence-corrected chi connectivity index (χ1v) is 48.3. The second-order valence-corrected chi connectivity index (χ2v) is 35.2. The fourth-order valence-corrected chi connectivity index (χ4v) is 11.9. The first kappa shape index (κ1) is 152. The van der Waals surface area contributed by atoms with E-state index in [9.17, 15) is 105 Å². The molecule has 0 aromatic carbocycles. The molecule has 22 N–H and O–H groups in total. The van der Waals surface area contributed by atoms with E-state index in [0.29, 0.717) is 70.1 Å². The molecule has 8 unspecified atom stereocenters. The maximum absolute atomic E-state index is 10.4. The van der Waals surface area contributed by atoms with Crippen LogP contribution in [0.3, 0.4) is 0 Å². The van der Waals surface area contributed by atoms with Gasteiger partial charge in [0.15, 0.2) is 0 Å². The first-order valence-electron chi connectivity index (χ1n) is 48.3. The van der Waals surface area contributed by atoms with Crippen molar-refractivity contribution in [2.45, 2.75) is 428 Å². The number of hydrogen-bond donors (Lipinski definition) is 22. The van der Waals surface area contributed by atoms with Gasteiger partial charge in [-0.15, -0.1) is 0 Å². The summed E-state index contributed by atoms with van der Waals surface area (Å²) in [5.41, 5.74) is 0. The zero-order valence-electron chi connectivity index (χ0n) is 84.3. The number of carboxylic acids is 22. The lowest BCUT2D eigenvalue weighted by molar-refractivity contribution is -0.147. The number of unbranched alkanes of at least 4 members (excludes halogenated alkanes) is 22. The maximum atomic E-state index is 10.4. The number of carbonyl (C=O) groups is 22. The minimum Gasteiger partial charge on any atom is -0.481 e. The van der Waals surface area contributed by atoms with Crippen molar-refractivity contribution in [1.82, 2.24) is 0 Å². The van der Waals surface area contributed by atoms with Crippen LogP contribution in [0.4, 0.5) is 0 Å². The highest BCUT2D eigenvalue weighted by Crippen LogP contribution is 2.21. The van der Waals surface area contributed by atoms with Crippen molar-refractivity contribution in [3.63, 3.8) is 0 Å². The summed E-state index contributed by atoms with van der Waals surface area (Å²) in [5, 5.41) is 184. The number of aliphatic carboxylic acids is 22. The minimum absolute atomic E-state index is 0.0489. The molecule has 0 aliphatic carbocycles. The molecule has 0 bridgehead atoms. The SMILES string of the molecule is CC(CC(=O)O)C(=O)O.CC(CC(=O)O)CC(=O)O.CC(CCC(=O)O)CC(=O)O.CC(CCCC(=O)O)C(=O)O.CC(CCCC(C)CC(=O)O)CCC(=O)O.CC(CCCCC(C)CC(=O)O)CC(=O)O.CC(CCCCCC(=O)O)C(=O)O.O=C(O)CCCCCCC(=O)O.O=C(O)CCCCCCCC(=O)O.O=C(O)CCCCCCCCC(=O)O.O=C(O)CCCCCCCCCCC(=O)O. The average Bonchev–Trinajstić information content (AvgIpc) is 0.965. The van der Waals surface area contributed by atoms with E-state index in [1.807, 2.05) is 27.7 Å². The van der Waals surface area contributed by atoms with Crippen molar-refractivity contribution in [1.29, 1.82) is 0 Å². The van der Waals surface area contributed by atoms with E-state index in [4.69, 9.17) is 112 Å². The fraction of sp³-hybridized carbons (Fsp3) is 0.773. The van der Waals surface area contributed by atoms with Gasteiger partial charge in [0.05, 0.1) is 24.2 Å². The normalized spacial score (nSPS) is 11.7. The molecular formula is C97H172O44. The molecule has 0 aromatic heterocycles. The predicted octanol–water partition coefficient (Wildman–Crippen LogP) is 18.7. The summed E-state index contributed by atoms with van der Waals surface area (Å²) in [4.78, 5) is 223. The third kappa shape index (κ3) is 175. The summed E-state index contributed by atoms with van der Waals surface area (Å²) in [6, 6.07) is 0. The number of carboxylic acid groups (broad SMARTS) is 22. The smallest absolute Gasteiger partial charge is 0.306 e. The Kier molecular flexibility index (Phi) is 117. The molecule has 0 heterocycles. The Morgan fingerprint density at radius 2 is 0.262 bits per heavy atom. The van der Waals surface area contributed by atoms with Gasteiger partial charge in [0.25, 0.3) is 0 Å². The monoisotopic (exact) mass is 2040 g/mol. The number of rotatable bonds is 77. The zero-order chi connectivity index (χ0) is 111. The highest BCUT2D eigenvalue weighted by Gasteiger charge is 2.18. The lowest BCUT2D eigenvalue weighted by atomic mass is 9.94. The first-order chi connectivity index (χ1) is 65.5. The van der Waals surface area contributed by atoms with E-state index in [1.54, 1.807) is 27.7 Å². The molecule has 0 rings (SSSR count). The molecule has 0 aromatic rings. The molecule has 0 saturated carbocycles. The third-order valence-corrected chi connectivity index (χ3v) is 20.1. The summed E-state index contributed by atoms with van der Waals surface area (Å²) in [5.74, 6) is -18.9. The summed E-state index contributed by atoms with van der Waals surface area (Å²) < 4.78 is 0. The van der Waals surface area contributed by atoms with Crippen LogP contribution in [0, 0.1) is 53.3 Å². The van der Waals surface area contributed by atoms with Crippen LogP contribution in [0.5, 0.6) is 0 Å². The Labute approximate surface area is 827 Å². The number of hydrogen-bond acceptors (Lipinski definition) is 22. The van der Waals surface area contributed by atoms with Gasteiger partial charge >= 0.3 is 131 Å². The Bertz CT molecular complexity index is 3270. The molecule has 0 amide bonds. The lowest BCUT2D eigenvalue weighted by Crippen LogP contribution is -2.13. The fourth-order valence-electron chi connectivity index (χ4n) is 11.9. The van der Waals surface area contributed by atoms with Gasteiger partial charge in [0.1, 0.15) is 0 Å². The molecule has 0 saturated heterocycles. The average molecular weight is 2040 g/mol. The molecule has 0 spiro atoms. The van der Waals surface area contributed by atoms with Gasteiger partial charge in [-0.1, -0.05) is 216 Å². The van der Waals surface area contributed by atoms with Crippen LogP contribution < -0.4 is 0 Å². The molecule has 0 fully saturated rings. The zero-order valence-corrected chi connectivity index (χ0v) is 84.3. The highest BCUT2D eigenvalue weighted by atomic mass is 16.4. The Morgan fingerprint density at radius 1 is 0.121 bits per heavy atom. The lowest BCUT2D eigenvalue weighted by Gasteiger charge is -2.12. The minimum atomic E-state index is -1.08. The van der Waals surface area contributed by atoms with E-state index >= 15 is 0 Å². The molecule has 44 heteroatoms. The van der Waals surface area contributed by atoms with E-state index in [-0.39, 0.29) is 158 Å². The van der Waals surface area contributed by atoms with Crippen molar-refractivity contribution in [2.75, 3.05) is 0 Å². The van der Waals surface area contributed by atoms with E-state index in [2.05, 4.69) is 0 Å². The molecule has 0 radical (unpaired) electrons. The largest absolute Gasteiger partial charge is 0.481 e. The van der Waals surface area contributed by atoms with E-state index < -0.39 is 143 Å². The summed E-state index contributed by atoms with van der Waals surface area (Å²) >= 11 is 0. The van der Waals surface area contributed by atoms with Crippen molar-refractivity contribution in [2.24, 2.45) is 53.3 Å². The maximum Gasteiger partial charge on any atom is 0.306 e. The van der Waals surface area contributed by atoms with E-state index in [1.165, 1.54) is 6.92 Å². The second kappa shape index (κ2) is 109. The topological polar surface area (TPSA) is 821 Å². The summed E-state index contributed by atoms with van der Waals surface area (Å²) in [6.45, 7) is 15.8. The molecule has 824 valence electrons. The van der Waals surface area contributed by atoms with Gasteiger partial charge in [-0.2, -0.15) is 0 Å². The van der Waals surface area contributed by atoms with Crippen LogP contribution in [0.15, 0.2) is 0 Å². The van der Waals surface area contributed by atoms with Crippen LogP contribution >= 0.6 is 0 Å². The van der Waals surface area contributed by atoms with Crippen LogP contribution in [0.2, 0.25) is 0 Å².